The Morgan fingerprint density at radius 1 is 1.25 bits per heavy atom. The highest BCUT2D eigenvalue weighted by atomic mass is 19.4. The number of alkyl halides is 3. The number of amides is 1. The van der Waals surface area contributed by atoms with Gasteiger partial charge >= 0.3 is 18.0 Å². The average Bonchev–Trinajstić information content (AvgIpc) is 3.00. The number of carbonyl (C=O) groups is 1. The first-order chi connectivity index (χ1) is 11.3. The Morgan fingerprint density at radius 2 is 1.92 bits per heavy atom. The maximum absolute atomic E-state index is 12.5. The van der Waals surface area contributed by atoms with Gasteiger partial charge in [0.05, 0.1) is 5.56 Å². The summed E-state index contributed by atoms with van der Waals surface area (Å²) in [7, 11) is 3.85. The third-order valence-corrected chi connectivity index (χ3v) is 3.16. The minimum absolute atomic E-state index is 0.0576. The molecule has 0 atom stereocenters. The van der Waals surface area contributed by atoms with Crippen LogP contribution < -0.4 is 5.32 Å². The summed E-state index contributed by atoms with van der Waals surface area (Å²) >= 11 is 0. The molecule has 1 N–H and O–H groups in total. The molecule has 0 unspecified atom stereocenters. The summed E-state index contributed by atoms with van der Waals surface area (Å²) in [6.07, 6.45) is -3.65. The Morgan fingerprint density at radius 3 is 2.50 bits per heavy atom. The van der Waals surface area contributed by atoms with Crippen molar-refractivity contribution in [1.82, 2.24) is 20.4 Å². The van der Waals surface area contributed by atoms with Crippen LogP contribution in [0, 0.1) is 0 Å². The van der Waals surface area contributed by atoms with E-state index in [0.717, 1.165) is 25.1 Å². The van der Waals surface area contributed by atoms with E-state index in [9.17, 15) is 18.0 Å². The molecular formula is C15H17F3N4O2. The number of nitrogens with one attached hydrogen (secondary N) is 1. The van der Waals surface area contributed by atoms with Crippen LogP contribution in [0.3, 0.4) is 0 Å². The number of nitrogens with zero attached hydrogens (tertiary/aromatic N) is 3. The van der Waals surface area contributed by atoms with Crippen molar-refractivity contribution < 1.29 is 22.5 Å². The zero-order chi connectivity index (χ0) is 17.7. The molecule has 1 aromatic heterocycles. The summed E-state index contributed by atoms with van der Waals surface area (Å²) in [5, 5.41) is 6.26. The van der Waals surface area contributed by atoms with Crippen LogP contribution in [0.15, 0.2) is 28.8 Å². The highest BCUT2D eigenvalue weighted by Gasteiger charge is 2.30. The molecule has 0 aliphatic heterocycles. The third kappa shape index (κ3) is 4.79. The van der Waals surface area contributed by atoms with Gasteiger partial charge in [0, 0.05) is 12.1 Å². The number of hydrogen-bond acceptors (Lipinski definition) is 5. The standard InChI is InChI=1S/C15H17F3N4O2/c1-22(2)9-3-8-19-13(23)14-20-12(21-24-14)10-4-6-11(7-5-10)15(16,17)18/h4-7H,3,8-9H2,1-2H3,(H,19,23). The van der Waals surface area contributed by atoms with Crippen LogP contribution in [0.25, 0.3) is 11.4 Å². The lowest BCUT2D eigenvalue weighted by atomic mass is 10.1. The predicted molar refractivity (Wildman–Crippen MR) is 80.2 cm³/mol. The zero-order valence-electron chi connectivity index (χ0n) is 13.2. The quantitative estimate of drug-likeness (QED) is 0.817. The minimum Gasteiger partial charge on any atom is -0.348 e. The molecule has 0 saturated carbocycles. The molecule has 2 rings (SSSR count). The molecule has 2 aromatic rings. The molecule has 130 valence electrons. The molecular weight excluding hydrogens is 325 g/mol. The second-order valence-corrected chi connectivity index (χ2v) is 5.41. The van der Waals surface area contributed by atoms with E-state index in [0.29, 0.717) is 12.1 Å². The molecule has 0 saturated heterocycles. The van der Waals surface area contributed by atoms with Gasteiger partial charge in [-0.05, 0) is 39.2 Å². The molecule has 24 heavy (non-hydrogen) atoms. The highest BCUT2D eigenvalue weighted by Crippen LogP contribution is 2.30. The van der Waals surface area contributed by atoms with Crippen molar-refractivity contribution in [3.05, 3.63) is 35.7 Å². The first-order valence-electron chi connectivity index (χ1n) is 7.21. The topological polar surface area (TPSA) is 71.3 Å². The van der Waals surface area contributed by atoms with Crippen LogP contribution in [0.4, 0.5) is 13.2 Å². The van der Waals surface area contributed by atoms with Crippen molar-refractivity contribution in [3.8, 4) is 11.4 Å². The van der Waals surface area contributed by atoms with Gasteiger partial charge in [-0.2, -0.15) is 18.2 Å². The smallest absolute Gasteiger partial charge is 0.348 e. The van der Waals surface area contributed by atoms with Crippen molar-refractivity contribution in [2.24, 2.45) is 0 Å². The molecule has 1 heterocycles. The highest BCUT2D eigenvalue weighted by molar-refractivity contribution is 5.89. The SMILES string of the molecule is CN(C)CCCNC(=O)c1nc(-c2ccc(C(F)(F)F)cc2)no1. The molecule has 9 heteroatoms. The van der Waals surface area contributed by atoms with Gasteiger partial charge in [-0.3, -0.25) is 4.79 Å². The van der Waals surface area contributed by atoms with Crippen molar-refractivity contribution in [3.63, 3.8) is 0 Å². The van der Waals surface area contributed by atoms with E-state index in [1.165, 1.54) is 12.1 Å². The molecule has 0 aliphatic carbocycles. The zero-order valence-corrected chi connectivity index (χ0v) is 13.2. The first kappa shape index (κ1) is 17.9. The Hall–Kier alpha value is -2.42. The second kappa shape index (κ2) is 7.43. The van der Waals surface area contributed by atoms with Crippen LogP contribution in [0.5, 0.6) is 0 Å². The summed E-state index contributed by atoms with van der Waals surface area (Å²) in [4.78, 5) is 17.7. The normalized spacial score (nSPS) is 11.8. The fraction of sp³-hybridized carbons (Fsp3) is 0.400. The van der Waals surface area contributed by atoms with Gasteiger partial charge < -0.3 is 14.7 Å². The first-order valence-corrected chi connectivity index (χ1v) is 7.21. The number of benzene rings is 1. The van der Waals surface area contributed by atoms with Crippen LogP contribution in [0.1, 0.15) is 22.7 Å². The van der Waals surface area contributed by atoms with Gasteiger partial charge in [-0.15, -0.1) is 0 Å². The summed E-state index contributed by atoms with van der Waals surface area (Å²) in [6.45, 7) is 1.27. The molecule has 0 aliphatic rings. The number of rotatable bonds is 6. The lowest BCUT2D eigenvalue weighted by Gasteiger charge is -2.08. The number of carbonyl (C=O) groups excluding carboxylic acids is 1. The second-order valence-electron chi connectivity index (χ2n) is 5.41. The van der Waals surface area contributed by atoms with Crippen molar-refractivity contribution in [2.45, 2.75) is 12.6 Å². The summed E-state index contributed by atoms with van der Waals surface area (Å²) in [6, 6.07) is 4.30. The number of aromatic nitrogens is 2. The molecule has 1 aromatic carbocycles. The lowest BCUT2D eigenvalue weighted by Crippen LogP contribution is -2.27. The Kier molecular flexibility index (Phi) is 5.55. The van der Waals surface area contributed by atoms with Crippen LogP contribution in [-0.2, 0) is 6.18 Å². The molecule has 0 spiro atoms. The van der Waals surface area contributed by atoms with E-state index in [1.807, 2.05) is 19.0 Å². The molecule has 0 bridgehead atoms. The van der Waals surface area contributed by atoms with E-state index in [2.05, 4.69) is 15.5 Å². The van der Waals surface area contributed by atoms with Crippen LogP contribution in [-0.4, -0.2) is 48.1 Å². The summed E-state index contributed by atoms with van der Waals surface area (Å²) in [5.41, 5.74) is -0.438. The lowest BCUT2D eigenvalue weighted by molar-refractivity contribution is -0.137. The average molecular weight is 342 g/mol. The van der Waals surface area contributed by atoms with E-state index in [-0.39, 0.29) is 11.7 Å². The van der Waals surface area contributed by atoms with Gasteiger partial charge in [0.15, 0.2) is 0 Å². The van der Waals surface area contributed by atoms with Crippen molar-refractivity contribution in [1.29, 1.82) is 0 Å². The fourth-order valence-corrected chi connectivity index (χ4v) is 1.91. The predicted octanol–water partition coefficient (Wildman–Crippen LogP) is 2.44. The Labute approximate surface area is 136 Å². The van der Waals surface area contributed by atoms with Crippen LogP contribution in [0.2, 0.25) is 0 Å². The number of hydrogen-bond donors (Lipinski definition) is 1. The van der Waals surface area contributed by atoms with Gasteiger partial charge in [0.25, 0.3) is 0 Å². The van der Waals surface area contributed by atoms with E-state index in [4.69, 9.17) is 4.52 Å². The monoisotopic (exact) mass is 342 g/mol. The third-order valence-electron chi connectivity index (χ3n) is 3.16. The van der Waals surface area contributed by atoms with E-state index >= 15 is 0 Å². The molecule has 0 radical (unpaired) electrons. The molecule has 0 fully saturated rings. The van der Waals surface area contributed by atoms with Crippen molar-refractivity contribution >= 4 is 5.91 Å². The van der Waals surface area contributed by atoms with Crippen LogP contribution >= 0.6 is 0 Å². The molecule has 6 nitrogen and oxygen atoms in total. The Balaban J connectivity index is 1.98. The van der Waals surface area contributed by atoms with E-state index < -0.39 is 17.6 Å². The van der Waals surface area contributed by atoms with Gasteiger partial charge in [0.1, 0.15) is 0 Å². The van der Waals surface area contributed by atoms with Crippen molar-refractivity contribution in [2.75, 3.05) is 27.2 Å². The van der Waals surface area contributed by atoms with Gasteiger partial charge in [0.2, 0.25) is 5.82 Å². The van der Waals surface area contributed by atoms with Gasteiger partial charge in [-0.25, -0.2) is 0 Å². The Bertz CT molecular complexity index is 681. The summed E-state index contributed by atoms with van der Waals surface area (Å²) in [5.74, 6) is -0.684. The maximum Gasteiger partial charge on any atom is 0.416 e. The molecule has 1 amide bonds. The van der Waals surface area contributed by atoms with Gasteiger partial charge in [-0.1, -0.05) is 17.3 Å². The largest absolute Gasteiger partial charge is 0.416 e. The summed E-state index contributed by atoms with van der Waals surface area (Å²) < 4.78 is 42.4. The maximum atomic E-state index is 12.5. The van der Waals surface area contributed by atoms with E-state index in [1.54, 1.807) is 0 Å². The fourth-order valence-electron chi connectivity index (χ4n) is 1.91. The minimum atomic E-state index is -4.41. The number of halogens is 3.